The molecule has 0 fully saturated rings. The van der Waals surface area contributed by atoms with E-state index in [1.54, 1.807) is 12.1 Å². The highest BCUT2D eigenvalue weighted by Crippen LogP contribution is 2.26. The van der Waals surface area contributed by atoms with E-state index < -0.39 is 0 Å². The van der Waals surface area contributed by atoms with E-state index in [0.29, 0.717) is 17.8 Å². The van der Waals surface area contributed by atoms with E-state index in [9.17, 15) is 9.18 Å². The Balaban J connectivity index is 1.58. The highest BCUT2D eigenvalue weighted by Gasteiger charge is 2.29. The first kappa shape index (κ1) is 17.1. The van der Waals surface area contributed by atoms with Gasteiger partial charge in [0.1, 0.15) is 11.5 Å². The van der Waals surface area contributed by atoms with Crippen LogP contribution in [-0.4, -0.2) is 21.9 Å². The molecule has 1 aliphatic heterocycles. The molecule has 2 heterocycles. The smallest absolute Gasteiger partial charge is 0.271 e. The molecule has 3 aromatic rings. The number of fused-ring (bicyclic) bond motifs is 1. The second-order valence-corrected chi connectivity index (χ2v) is 6.65. The van der Waals surface area contributed by atoms with Gasteiger partial charge < -0.3 is 9.47 Å². The van der Waals surface area contributed by atoms with Crippen LogP contribution in [0.1, 0.15) is 40.1 Å². The molecule has 4 heteroatoms. The van der Waals surface area contributed by atoms with Crippen molar-refractivity contribution in [3.05, 3.63) is 95.1 Å². The molecular weight excluding hydrogens is 339 g/mol. The molecule has 27 heavy (non-hydrogen) atoms. The van der Waals surface area contributed by atoms with Crippen LogP contribution in [0, 0.1) is 17.7 Å². The number of nitrogens with zero attached hydrogens (tertiary/aromatic N) is 2. The number of hydrogen-bond donors (Lipinski definition) is 0. The van der Waals surface area contributed by atoms with Gasteiger partial charge in [0, 0.05) is 30.4 Å². The zero-order chi connectivity index (χ0) is 18.8. The first-order chi connectivity index (χ1) is 13.1. The third kappa shape index (κ3) is 3.50. The van der Waals surface area contributed by atoms with Crippen molar-refractivity contribution in [1.29, 1.82) is 0 Å². The lowest BCUT2D eigenvalue weighted by Gasteiger charge is -2.33. The van der Waals surface area contributed by atoms with Crippen molar-refractivity contribution in [2.45, 2.75) is 19.5 Å². The molecule has 0 spiro atoms. The Labute approximate surface area is 158 Å². The topological polar surface area (TPSA) is 25.2 Å². The summed E-state index contributed by atoms with van der Waals surface area (Å²) in [5.41, 5.74) is 3.14. The predicted molar refractivity (Wildman–Crippen MR) is 103 cm³/mol. The summed E-state index contributed by atoms with van der Waals surface area (Å²) in [5.74, 6) is 5.69. The van der Waals surface area contributed by atoms with Gasteiger partial charge in [0.25, 0.3) is 5.91 Å². The predicted octanol–water partition coefficient (Wildman–Crippen LogP) is 4.24. The van der Waals surface area contributed by atoms with Gasteiger partial charge in [-0.1, -0.05) is 48.2 Å². The molecule has 0 unspecified atom stereocenters. The normalized spacial score (nSPS) is 14.3. The number of halogens is 1. The summed E-state index contributed by atoms with van der Waals surface area (Å²) in [4.78, 5) is 14.9. The number of aromatic nitrogens is 1. The minimum atomic E-state index is -0.307. The third-order valence-electron chi connectivity index (χ3n) is 4.88. The average molecular weight is 358 g/mol. The van der Waals surface area contributed by atoms with Gasteiger partial charge >= 0.3 is 0 Å². The lowest BCUT2D eigenvalue weighted by Crippen LogP contribution is -2.41. The SMILES string of the molecule is C[C@@H](c1ccccc1)N1CCn2cc(C#Cc3cccc(F)c3)cc2C1=O. The van der Waals surface area contributed by atoms with Crippen LogP contribution in [0.3, 0.4) is 0 Å². The van der Waals surface area contributed by atoms with E-state index in [-0.39, 0.29) is 17.8 Å². The van der Waals surface area contributed by atoms with Crippen LogP contribution in [0.4, 0.5) is 4.39 Å². The summed E-state index contributed by atoms with van der Waals surface area (Å²) in [7, 11) is 0. The Morgan fingerprint density at radius 1 is 0.963 bits per heavy atom. The Kier molecular flexibility index (Phi) is 4.52. The van der Waals surface area contributed by atoms with E-state index in [4.69, 9.17) is 0 Å². The average Bonchev–Trinajstić information content (AvgIpc) is 3.11. The molecule has 0 saturated carbocycles. The molecule has 3 nitrogen and oxygen atoms in total. The Morgan fingerprint density at radius 3 is 2.52 bits per heavy atom. The number of benzene rings is 2. The summed E-state index contributed by atoms with van der Waals surface area (Å²) in [6, 6.07) is 18.1. The molecule has 2 aromatic carbocycles. The molecule has 0 saturated heterocycles. The Hall–Kier alpha value is -3.32. The number of carbonyl (C=O) groups excluding carboxylic acids is 1. The van der Waals surface area contributed by atoms with Crippen LogP contribution < -0.4 is 0 Å². The Morgan fingerprint density at radius 2 is 1.74 bits per heavy atom. The minimum Gasteiger partial charge on any atom is -0.340 e. The van der Waals surface area contributed by atoms with Gasteiger partial charge in [-0.3, -0.25) is 4.79 Å². The van der Waals surface area contributed by atoms with Crippen molar-refractivity contribution >= 4 is 5.91 Å². The van der Waals surface area contributed by atoms with Crippen LogP contribution in [0.5, 0.6) is 0 Å². The van der Waals surface area contributed by atoms with Crippen LogP contribution >= 0.6 is 0 Å². The van der Waals surface area contributed by atoms with Crippen LogP contribution in [0.15, 0.2) is 66.9 Å². The van der Waals surface area contributed by atoms with Gasteiger partial charge in [0.05, 0.1) is 6.04 Å². The van der Waals surface area contributed by atoms with Gasteiger partial charge in [-0.2, -0.15) is 0 Å². The van der Waals surface area contributed by atoms with Gasteiger partial charge in [0.15, 0.2) is 0 Å². The fraction of sp³-hybridized carbons (Fsp3) is 0.174. The number of hydrogen-bond acceptors (Lipinski definition) is 1. The summed E-state index contributed by atoms with van der Waals surface area (Å²) >= 11 is 0. The van der Waals surface area contributed by atoms with Crippen molar-refractivity contribution in [3.63, 3.8) is 0 Å². The van der Waals surface area contributed by atoms with Crippen molar-refractivity contribution in [2.75, 3.05) is 6.54 Å². The van der Waals surface area contributed by atoms with E-state index in [2.05, 4.69) is 18.8 Å². The van der Waals surface area contributed by atoms with Crippen LogP contribution in [0.2, 0.25) is 0 Å². The van der Waals surface area contributed by atoms with E-state index >= 15 is 0 Å². The summed E-state index contributed by atoms with van der Waals surface area (Å²) in [6.45, 7) is 3.45. The molecule has 0 N–H and O–H groups in total. The van der Waals surface area contributed by atoms with E-state index in [1.807, 2.05) is 52.1 Å². The molecule has 1 atom stereocenters. The van der Waals surface area contributed by atoms with E-state index in [1.165, 1.54) is 12.1 Å². The lowest BCUT2D eigenvalue weighted by molar-refractivity contribution is 0.0632. The fourth-order valence-corrected chi connectivity index (χ4v) is 3.40. The highest BCUT2D eigenvalue weighted by atomic mass is 19.1. The molecule has 1 aliphatic rings. The zero-order valence-corrected chi connectivity index (χ0v) is 15.0. The standard InChI is InChI=1S/C23H19FN2O/c1-17(20-7-3-2-4-8-20)26-13-12-25-16-19(15-22(25)23(26)27)11-10-18-6-5-9-21(24)14-18/h2-9,14-17H,12-13H2,1H3/t17-/m0/s1. The van der Waals surface area contributed by atoms with Crippen molar-refractivity contribution in [2.24, 2.45) is 0 Å². The summed E-state index contributed by atoms with van der Waals surface area (Å²) < 4.78 is 15.2. The van der Waals surface area contributed by atoms with Crippen molar-refractivity contribution in [3.8, 4) is 11.8 Å². The Bertz CT molecular complexity index is 1040. The second kappa shape index (κ2) is 7.13. The van der Waals surface area contributed by atoms with Crippen molar-refractivity contribution < 1.29 is 9.18 Å². The van der Waals surface area contributed by atoms with Gasteiger partial charge in [0.2, 0.25) is 0 Å². The largest absolute Gasteiger partial charge is 0.340 e. The van der Waals surface area contributed by atoms with Crippen molar-refractivity contribution in [1.82, 2.24) is 9.47 Å². The van der Waals surface area contributed by atoms with Crippen LogP contribution in [0.25, 0.3) is 0 Å². The maximum Gasteiger partial charge on any atom is 0.271 e. The maximum absolute atomic E-state index is 13.3. The molecule has 0 bridgehead atoms. The number of amides is 1. The zero-order valence-electron chi connectivity index (χ0n) is 15.0. The monoisotopic (exact) mass is 358 g/mol. The molecule has 0 aliphatic carbocycles. The lowest BCUT2D eigenvalue weighted by atomic mass is 10.1. The second-order valence-electron chi connectivity index (χ2n) is 6.65. The fourth-order valence-electron chi connectivity index (χ4n) is 3.40. The van der Waals surface area contributed by atoms with Gasteiger partial charge in [-0.25, -0.2) is 4.39 Å². The quantitative estimate of drug-likeness (QED) is 0.629. The number of carbonyl (C=O) groups is 1. The van der Waals surface area contributed by atoms with E-state index in [0.717, 1.165) is 17.7 Å². The van der Waals surface area contributed by atoms with Gasteiger partial charge in [-0.15, -0.1) is 0 Å². The van der Waals surface area contributed by atoms with Gasteiger partial charge in [-0.05, 0) is 36.8 Å². The highest BCUT2D eigenvalue weighted by molar-refractivity contribution is 5.94. The molecule has 1 amide bonds. The first-order valence-corrected chi connectivity index (χ1v) is 8.95. The molecular formula is C23H19FN2O. The summed E-state index contributed by atoms with van der Waals surface area (Å²) in [5, 5.41) is 0. The molecule has 4 rings (SSSR count). The first-order valence-electron chi connectivity index (χ1n) is 8.95. The molecule has 0 radical (unpaired) electrons. The maximum atomic E-state index is 13.3. The third-order valence-corrected chi connectivity index (χ3v) is 4.88. The summed E-state index contributed by atoms with van der Waals surface area (Å²) in [6.07, 6.45) is 1.89. The molecule has 134 valence electrons. The minimum absolute atomic E-state index is 0.0106. The molecule has 1 aromatic heterocycles. The number of rotatable bonds is 2. The van der Waals surface area contributed by atoms with Crippen LogP contribution in [-0.2, 0) is 6.54 Å².